The average molecular weight is 454 g/mol. The van der Waals surface area contributed by atoms with Crippen LogP contribution in [0.5, 0.6) is 0 Å². The summed E-state index contributed by atoms with van der Waals surface area (Å²) >= 11 is 0. The molecule has 32 heavy (non-hydrogen) atoms. The zero-order valence-corrected chi connectivity index (χ0v) is 22.1. The van der Waals surface area contributed by atoms with Crippen LogP contribution in [0.2, 0.25) is 0 Å². The minimum atomic E-state index is -2.94. The van der Waals surface area contributed by atoms with Crippen molar-refractivity contribution in [1.82, 2.24) is 0 Å². The second-order valence-electron chi connectivity index (χ2n) is 10.3. The summed E-state index contributed by atoms with van der Waals surface area (Å²) in [5, 5.41) is 3.27. The van der Waals surface area contributed by atoms with Crippen LogP contribution in [0.25, 0.3) is 11.8 Å². The second kappa shape index (κ2) is 9.24. The normalized spacial score (nSPS) is 15.7. The van der Waals surface area contributed by atoms with E-state index in [-0.39, 0.29) is 11.2 Å². The van der Waals surface area contributed by atoms with Crippen LogP contribution in [0.3, 0.4) is 0 Å². The minimum absolute atomic E-state index is 0.0144. The number of hydrogen-bond acceptors (Lipinski definition) is 3. The molecule has 2 rings (SSSR count). The molecule has 2 aromatic rings. The summed E-state index contributed by atoms with van der Waals surface area (Å²) in [4.78, 5) is 11.7. The Balaban J connectivity index is 2.98. The molecule has 0 aliphatic carbocycles. The summed E-state index contributed by atoms with van der Waals surface area (Å²) in [5.74, 6) is 0.634. The van der Waals surface area contributed by atoms with E-state index in [0.717, 1.165) is 33.2 Å². The van der Waals surface area contributed by atoms with E-state index in [1.54, 1.807) is 13.0 Å². The summed E-state index contributed by atoms with van der Waals surface area (Å²) in [6.07, 6.45) is 4.48. The quantitative estimate of drug-likeness (QED) is 0.389. The Kier molecular flexibility index (Phi) is 7.47. The van der Waals surface area contributed by atoms with Gasteiger partial charge >= 0.3 is 194 Å². The van der Waals surface area contributed by atoms with Gasteiger partial charge in [-0.3, -0.25) is 0 Å². The maximum atomic E-state index is 11.7. The molecule has 0 aromatic heterocycles. The molecule has 0 saturated carbocycles. The molecule has 0 heterocycles. The van der Waals surface area contributed by atoms with Crippen LogP contribution in [0.4, 0.5) is 0 Å². The van der Waals surface area contributed by atoms with E-state index in [4.69, 9.17) is 10.3 Å². The van der Waals surface area contributed by atoms with Crippen LogP contribution in [0.1, 0.15) is 59.6 Å². The van der Waals surface area contributed by atoms with Gasteiger partial charge in [0.15, 0.2) is 0 Å². The van der Waals surface area contributed by atoms with Gasteiger partial charge in [-0.2, -0.15) is 0 Å². The molecule has 2 aromatic carbocycles. The van der Waals surface area contributed by atoms with Gasteiger partial charge in [0.25, 0.3) is 0 Å². The van der Waals surface area contributed by atoms with Crippen molar-refractivity contribution in [2.45, 2.75) is 53.9 Å². The van der Waals surface area contributed by atoms with Gasteiger partial charge in [-0.25, -0.2) is 0 Å². The van der Waals surface area contributed by atoms with Gasteiger partial charge in [0.05, 0.1) is 0 Å². The van der Waals surface area contributed by atoms with Crippen LogP contribution in [0, 0.1) is 0 Å². The van der Waals surface area contributed by atoms with E-state index < -0.39 is 6.83 Å². The van der Waals surface area contributed by atoms with Gasteiger partial charge in [0.1, 0.15) is 0 Å². The number of carbonyl (C=O) groups excluding carboxylic acids is 1. The van der Waals surface area contributed by atoms with Crippen LogP contribution in [0.15, 0.2) is 54.3 Å². The zero-order chi connectivity index (χ0) is 24.3. The van der Waals surface area contributed by atoms with Crippen molar-refractivity contribution in [3.8, 4) is 0 Å². The Morgan fingerprint density at radius 1 is 1.09 bits per heavy atom. The predicted molar refractivity (Wildman–Crippen MR) is 142 cm³/mol. The van der Waals surface area contributed by atoms with Crippen molar-refractivity contribution in [3.63, 3.8) is 0 Å². The van der Waals surface area contributed by atoms with Crippen molar-refractivity contribution in [2.75, 3.05) is 19.5 Å². The molecule has 0 radical (unpaired) electrons. The Labute approximate surface area is 194 Å². The molecule has 0 spiro atoms. The standard InChI is InChI=1S/C28H40NO2P/c1-10-22-14-12-13-15-24(22)27(29)25-17-16-23(28(5,6)7)19-26(25)32(8,9,11-2)31-21(4)18-20(3)30/h10,12-19H,11,29H2,1-9H3/b21-18-,22-10-,27-24-. The molecule has 0 amide bonds. The molecule has 0 fully saturated rings. The van der Waals surface area contributed by atoms with E-state index in [2.05, 4.69) is 77.4 Å². The summed E-state index contributed by atoms with van der Waals surface area (Å²) in [7, 11) is 0. The molecule has 4 heteroatoms. The van der Waals surface area contributed by atoms with Crippen molar-refractivity contribution >= 4 is 29.7 Å². The Morgan fingerprint density at radius 3 is 2.25 bits per heavy atom. The Hall–Kier alpha value is -2.38. The summed E-state index contributed by atoms with van der Waals surface area (Å²) in [6, 6.07) is 14.8. The van der Waals surface area contributed by atoms with Gasteiger partial charge < -0.3 is 0 Å². The van der Waals surface area contributed by atoms with Crippen molar-refractivity contribution in [1.29, 1.82) is 0 Å². The summed E-state index contributed by atoms with van der Waals surface area (Å²) in [6.45, 7) is 15.8. The van der Waals surface area contributed by atoms with Crippen LogP contribution >= 0.6 is 6.83 Å². The predicted octanol–water partition coefficient (Wildman–Crippen LogP) is 4.78. The van der Waals surface area contributed by atoms with E-state index in [1.165, 1.54) is 5.56 Å². The fourth-order valence-corrected chi connectivity index (χ4v) is 7.03. The zero-order valence-electron chi connectivity index (χ0n) is 21.2. The molecular weight excluding hydrogens is 413 g/mol. The van der Waals surface area contributed by atoms with Crippen LogP contribution < -0.4 is 21.5 Å². The number of ketones is 1. The fourth-order valence-electron chi connectivity index (χ4n) is 4.00. The van der Waals surface area contributed by atoms with Gasteiger partial charge in [-0.05, 0) is 0 Å². The molecule has 0 saturated heterocycles. The second-order valence-corrected chi connectivity index (χ2v) is 16.2. The monoisotopic (exact) mass is 453 g/mol. The van der Waals surface area contributed by atoms with Crippen molar-refractivity contribution < 1.29 is 9.32 Å². The van der Waals surface area contributed by atoms with E-state index in [1.807, 2.05) is 26.0 Å². The third-order valence-electron chi connectivity index (χ3n) is 6.23. The molecule has 0 aliphatic heterocycles. The fraction of sp³-hybridized carbons (Fsp3) is 0.393. The van der Waals surface area contributed by atoms with Crippen LogP contribution in [-0.4, -0.2) is 25.3 Å². The molecule has 3 nitrogen and oxygen atoms in total. The van der Waals surface area contributed by atoms with Gasteiger partial charge in [0, 0.05) is 0 Å². The first kappa shape index (κ1) is 25.9. The molecule has 0 aliphatic rings. The Bertz CT molecular complexity index is 1170. The Morgan fingerprint density at radius 2 is 1.72 bits per heavy atom. The molecule has 2 N–H and O–H groups in total. The molecule has 0 atom stereocenters. The maximum absolute atomic E-state index is 11.7. The molecule has 0 bridgehead atoms. The number of carbonyl (C=O) groups is 1. The van der Waals surface area contributed by atoms with Gasteiger partial charge in [-0.15, -0.1) is 0 Å². The van der Waals surface area contributed by atoms with E-state index >= 15 is 0 Å². The number of hydrogen-bond donors (Lipinski definition) is 1. The topological polar surface area (TPSA) is 52.3 Å². The van der Waals surface area contributed by atoms with Crippen molar-refractivity contribution in [2.24, 2.45) is 5.73 Å². The first-order chi connectivity index (χ1) is 14.7. The summed E-state index contributed by atoms with van der Waals surface area (Å²) in [5.41, 5.74) is 9.85. The van der Waals surface area contributed by atoms with Gasteiger partial charge in [-0.1, -0.05) is 0 Å². The SMILES string of the molecule is C/C=c1/cccc/c1=C(/N)c1ccc(C(C)(C)C)cc1P(C)(C)(CC)O/C(C)=C\C(C)=O. The first-order valence-electron chi connectivity index (χ1n) is 11.3. The van der Waals surface area contributed by atoms with Crippen LogP contribution in [-0.2, 0) is 14.7 Å². The average Bonchev–Trinajstić information content (AvgIpc) is 2.71. The molecular formula is C28H40NO2P. The first-order valence-corrected chi connectivity index (χ1v) is 14.5. The van der Waals surface area contributed by atoms with Gasteiger partial charge in [0.2, 0.25) is 0 Å². The number of nitrogens with two attached hydrogens (primary N) is 1. The summed E-state index contributed by atoms with van der Waals surface area (Å²) < 4.78 is 6.72. The van der Waals surface area contributed by atoms with Crippen molar-refractivity contribution in [3.05, 3.63) is 75.9 Å². The van der Waals surface area contributed by atoms with E-state index in [9.17, 15) is 4.79 Å². The third-order valence-corrected chi connectivity index (χ3v) is 10.8. The number of rotatable bonds is 6. The number of benzene rings is 2. The third kappa shape index (κ3) is 5.51. The van der Waals surface area contributed by atoms with E-state index in [0.29, 0.717) is 5.76 Å². The molecule has 174 valence electrons. The molecule has 0 unspecified atom stereocenters. The number of allylic oxidation sites excluding steroid dienone is 2.